The molecule has 0 saturated heterocycles. The summed E-state index contributed by atoms with van der Waals surface area (Å²) in [5.74, 6) is 0. The molecule has 0 N–H and O–H groups in total. The van der Waals surface area contributed by atoms with Crippen molar-refractivity contribution in [1.82, 2.24) is 4.37 Å². The van der Waals surface area contributed by atoms with Crippen LogP contribution in [-0.2, 0) is 0 Å². The summed E-state index contributed by atoms with van der Waals surface area (Å²) in [6, 6.07) is 2.07. The van der Waals surface area contributed by atoms with Crippen molar-refractivity contribution in [1.29, 1.82) is 0 Å². The molecule has 1 nitrogen and oxygen atoms in total. The average molecular weight is 143 g/mol. The monoisotopic (exact) mass is 143 g/mol. The van der Waals surface area contributed by atoms with E-state index in [4.69, 9.17) is 0 Å². The Balaban J connectivity index is 0.000000291. The van der Waals surface area contributed by atoms with Gasteiger partial charge in [-0.1, -0.05) is 13.8 Å². The van der Waals surface area contributed by atoms with Crippen molar-refractivity contribution in [2.75, 3.05) is 0 Å². The van der Waals surface area contributed by atoms with Crippen LogP contribution in [0.25, 0.3) is 0 Å². The third kappa shape index (κ3) is 3.25. The van der Waals surface area contributed by atoms with Gasteiger partial charge >= 0.3 is 0 Å². The van der Waals surface area contributed by atoms with Gasteiger partial charge in [-0.2, -0.15) is 4.37 Å². The predicted molar refractivity (Wildman–Crippen MR) is 42.9 cm³/mol. The van der Waals surface area contributed by atoms with Gasteiger partial charge in [-0.25, -0.2) is 0 Å². The van der Waals surface area contributed by atoms with Gasteiger partial charge in [0.05, 0.1) is 5.69 Å². The Morgan fingerprint density at radius 2 is 1.89 bits per heavy atom. The van der Waals surface area contributed by atoms with Crippen LogP contribution in [0, 0.1) is 13.8 Å². The van der Waals surface area contributed by atoms with Crippen LogP contribution in [0.5, 0.6) is 0 Å². The molecule has 0 atom stereocenters. The maximum absolute atomic E-state index is 4.06. The molecule has 0 aliphatic heterocycles. The minimum absolute atomic E-state index is 1.13. The maximum Gasteiger partial charge on any atom is 0.0514 e. The first-order chi connectivity index (χ1) is 4.29. The van der Waals surface area contributed by atoms with E-state index < -0.39 is 0 Å². The summed E-state index contributed by atoms with van der Waals surface area (Å²) >= 11 is 1.55. The molecular weight excluding hydrogens is 130 g/mol. The van der Waals surface area contributed by atoms with Gasteiger partial charge in [0.25, 0.3) is 0 Å². The van der Waals surface area contributed by atoms with E-state index in [1.165, 1.54) is 4.88 Å². The number of rotatable bonds is 0. The van der Waals surface area contributed by atoms with Crippen LogP contribution < -0.4 is 0 Å². The molecule has 9 heavy (non-hydrogen) atoms. The van der Waals surface area contributed by atoms with Crippen LogP contribution >= 0.6 is 11.5 Å². The molecule has 1 aromatic rings. The largest absolute Gasteiger partial charge is 0.198 e. The highest BCUT2D eigenvalue weighted by atomic mass is 32.1. The van der Waals surface area contributed by atoms with E-state index in [-0.39, 0.29) is 0 Å². The summed E-state index contributed by atoms with van der Waals surface area (Å²) in [5.41, 5.74) is 1.13. The van der Waals surface area contributed by atoms with Crippen LogP contribution in [0.2, 0.25) is 0 Å². The van der Waals surface area contributed by atoms with Crippen LogP contribution in [0.1, 0.15) is 24.4 Å². The fourth-order valence-corrected chi connectivity index (χ4v) is 1.05. The smallest absolute Gasteiger partial charge is 0.0514 e. The molecule has 1 rings (SSSR count). The quantitative estimate of drug-likeness (QED) is 0.544. The highest BCUT2D eigenvalue weighted by molar-refractivity contribution is 7.05. The lowest BCUT2D eigenvalue weighted by Gasteiger charge is -1.67. The summed E-state index contributed by atoms with van der Waals surface area (Å²) in [7, 11) is 0. The van der Waals surface area contributed by atoms with Crippen molar-refractivity contribution < 1.29 is 0 Å². The number of aryl methyl sites for hydroxylation is 2. The van der Waals surface area contributed by atoms with Gasteiger partial charge in [-0.05, 0) is 31.4 Å². The summed E-state index contributed by atoms with van der Waals surface area (Å²) in [4.78, 5) is 1.29. The SMILES string of the molecule is CC.Cc1cc(C)sn1. The van der Waals surface area contributed by atoms with Gasteiger partial charge in [0.15, 0.2) is 0 Å². The van der Waals surface area contributed by atoms with Crippen LogP contribution in [-0.4, -0.2) is 4.37 Å². The Labute approximate surface area is 60.9 Å². The third-order valence-electron chi connectivity index (χ3n) is 0.746. The zero-order valence-electron chi connectivity index (χ0n) is 6.43. The Morgan fingerprint density at radius 1 is 1.33 bits per heavy atom. The Bertz CT molecular complexity index is 141. The van der Waals surface area contributed by atoms with Crippen molar-refractivity contribution in [3.05, 3.63) is 16.6 Å². The maximum atomic E-state index is 4.06. The van der Waals surface area contributed by atoms with E-state index in [9.17, 15) is 0 Å². The van der Waals surface area contributed by atoms with Gasteiger partial charge in [0.1, 0.15) is 0 Å². The first kappa shape index (κ1) is 8.63. The Hall–Kier alpha value is -0.370. The normalized spacial score (nSPS) is 8.00. The highest BCUT2D eigenvalue weighted by Crippen LogP contribution is 2.04. The van der Waals surface area contributed by atoms with E-state index in [0.717, 1.165) is 5.69 Å². The number of hydrogen-bond acceptors (Lipinski definition) is 2. The lowest BCUT2D eigenvalue weighted by molar-refractivity contribution is 1.34. The topological polar surface area (TPSA) is 12.9 Å². The molecule has 0 radical (unpaired) electrons. The molecule has 0 aromatic carbocycles. The number of hydrogen-bond donors (Lipinski definition) is 0. The van der Waals surface area contributed by atoms with Gasteiger partial charge in [-0.3, -0.25) is 0 Å². The van der Waals surface area contributed by atoms with Crippen molar-refractivity contribution >= 4 is 11.5 Å². The summed E-state index contributed by atoms with van der Waals surface area (Å²) in [5, 5.41) is 0. The standard InChI is InChI=1S/C5H7NS.C2H6/c1-4-3-5(2)7-6-4;1-2/h3H,1-2H3;1-2H3. The molecule has 0 unspecified atom stereocenters. The third-order valence-corrected chi connectivity index (χ3v) is 1.53. The summed E-state index contributed by atoms with van der Waals surface area (Å²) in [6.45, 7) is 8.06. The van der Waals surface area contributed by atoms with Crippen molar-refractivity contribution in [2.45, 2.75) is 27.7 Å². The molecule has 0 amide bonds. The fraction of sp³-hybridized carbons (Fsp3) is 0.571. The van der Waals surface area contributed by atoms with Crippen molar-refractivity contribution in [2.24, 2.45) is 0 Å². The molecule has 0 saturated carbocycles. The minimum atomic E-state index is 1.13. The number of aromatic nitrogens is 1. The van der Waals surface area contributed by atoms with Crippen LogP contribution in [0.3, 0.4) is 0 Å². The Morgan fingerprint density at radius 3 is 2.00 bits per heavy atom. The fourth-order valence-electron chi connectivity index (χ4n) is 0.491. The van der Waals surface area contributed by atoms with E-state index >= 15 is 0 Å². The number of nitrogens with zero attached hydrogens (tertiary/aromatic N) is 1. The zero-order chi connectivity index (χ0) is 7.28. The zero-order valence-corrected chi connectivity index (χ0v) is 7.25. The van der Waals surface area contributed by atoms with E-state index in [1.807, 2.05) is 20.8 Å². The highest BCUT2D eigenvalue weighted by Gasteiger charge is 1.86. The van der Waals surface area contributed by atoms with Gasteiger partial charge in [-0.15, -0.1) is 0 Å². The average Bonchev–Trinajstić information content (AvgIpc) is 2.20. The molecule has 0 bridgehead atoms. The first-order valence-corrected chi connectivity index (χ1v) is 3.96. The van der Waals surface area contributed by atoms with Gasteiger partial charge < -0.3 is 0 Å². The van der Waals surface area contributed by atoms with E-state index in [1.54, 1.807) is 11.5 Å². The second kappa shape index (κ2) is 4.50. The molecule has 0 fully saturated rings. The molecular formula is C7H13NS. The molecule has 2 heteroatoms. The van der Waals surface area contributed by atoms with Crippen molar-refractivity contribution in [3.63, 3.8) is 0 Å². The molecule has 0 aliphatic carbocycles. The lowest BCUT2D eigenvalue weighted by atomic mass is 10.4. The molecule has 0 aliphatic rings. The lowest BCUT2D eigenvalue weighted by Crippen LogP contribution is -1.58. The van der Waals surface area contributed by atoms with Crippen LogP contribution in [0.15, 0.2) is 6.07 Å². The first-order valence-electron chi connectivity index (χ1n) is 3.19. The Kier molecular flexibility index (Phi) is 4.32. The summed E-state index contributed by atoms with van der Waals surface area (Å²) < 4.78 is 4.06. The van der Waals surface area contributed by atoms with Crippen LogP contribution in [0.4, 0.5) is 0 Å². The minimum Gasteiger partial charge on any atom is -0.198 e. The van der Waals surface area contributed by atoms with Gasteiger partial charge in [0.2, 0.25) is 0 Å². The molecule has 0 spiro atoms. The van der Waals surface area contributed by atoms with Gasteiger partial charge in [0, 0.05) is 4.88 Å². The molecule has 1 heterocycles. The molecule has 1 aromatic heterocycles. The van der Waals surface area contributed by atoms with E-state index in [0.29, 0.717) is 0 Å². The van der Waals surface area contributed by atoms with Crippen molar-refractivity contribution in [3.8, 4) is 0 Å². The predicted octanol–water partition coefficient (Wildman–Crippen LogP) is 2.79. The summed E-state index contributed by atoms with van der Waals surface area (Å²) in [6.07, 6.45) is 0. The van der Waals surface area contributed by atoms with E-state index in [2.05, 4.69) is 17.4 Å². The second-order valence-corrected chi connectivity index (χ2v) is 2.59. The second-order valence-electron chi connectivity index (χ2n) is 1.58. The molecule has 52 valence electrons.